The molecule has 0 radical (unpaired) electrons. The van der Waals surface area contributed by atoms with E-state index >= 15 is 0 Å². The van der Waals surface area contributed by atoms with Gasteiger partial charge >= 0.3 is 5.97 Å². The van der Waals surface area contributed by atoms with Crippen LogP contribution in [0.3, 0.4) is 0 Å². The fourth-order valence-electron chi connectivity index (χ4n) is 1.55. The number of hydrogen-bond donors (Lipinski definition) is 2. The molecule has 1 heterocycles. The van der Waals surface area contributed by atoms with Gasteiger partial charge in [-0.1, -0.05) is 12.1 Å². The first-order chi connectivity index (χ1) is 8.08. The monoisotopic (exact) mass is 228 g/mol. The predicted octanol–water partition coefficient (Wildman–Crippen LogP) is 2.34. The van der Waals surface area contributed by atoms with Crippen LogP contribution < -0.4 is 5.73 Å². The van der Waals surface area contributed by atoms with Crippen LogP contribution in [0.2, 0.25) is 0 Å². The number of hydrogen-bond acceptors (Lipinski definition) is 3. The highest BCUT2D eigenvalue weighted by Gasteiger charge is 2.04. The molecule has 3 N–H and O–H groups in total. The van der Waals surface area contributed by atoms with Crippen molar-refractivity contribution in [3.8, 4) is 11.1 Å². The summed E-state index contributed by atoms with van der Waals surface area (Å²) in [7, 11) is 0. The molecule has 0 fully saturated rings. The van der Waals surface area contributed by atoms with Crippen molar-refractivity contribution in [3.05, 3.63) is 47.7 Å². The van der Waals surface area contributed by atoms with E-state index in [0.717, 1.165) is 16.7 Å². The third-order valence-electron chi connectivity index (χ3n) is 2.58. The van der Waals surface area contributed by atoms with Crippen LogP contribution in [-0.2, 0) is 0 Å². The standard InChI is InChI=1S/C13H12N2O2/c1-8-6-11(7-15-12(8)14)9-2-4-10(5-3-9)13(16)17/h2-7H,1H3,(H2,14,15)(H,16,17). The van der Waals surface area contributed by atoms with Gasteiger partial charge in [0.15, 0.2) is 0 Å². The Balaban J connectivity index is 2.39. The second kappa shape index (κ2) is 4.25. The first kappa shape index (κ1) is 11.1. The van der Waals surface area contributed by atoms with Crippen molar-refractivity contribution >= 4 is 11.8 Å². The van der Waals surface area contributed by atoms with Gasteiger partial charge in [-0.25, -0.2) is 9.78 Å². The van der Waals surface area contributed by atoms with Crippen LogP contribution in [0.4, 0.5) is 5.82 Å². The van der Waals surface area contributed by atoms with Gasteiger partial charge < -0.3 is 10.8 Å². The van der Waals surface area contributed by atoms with E-state index in [2.05, 4.69) is 4.98 Å². The van der Waals surface area contributed by atoms with Crippen LogP contribution in [0.1, 0.15) is 15.9 Å². The van der Waals surface area contributed by atoms with Crippen molar-refractivity contribution in [1.29, 1.82) is 0 Å². The number of pyridine rings is 1. The van der Waals surface area contributed by atoms with E-state index in [4.69, 9.17) is 10.8 Å². The first-order valence-corrected chi connectivity index (χ1v) is 5.14. The predicted molar refractivity (Wildman–Crippen MR) is 65.8 cm³/mol. The average Bonchev–Trinajstić information content (AvgIpc) is 2.33. The quantitative estimate of drug-likeness (QED) is 0.827. The Labute approximate surface area is 98.7 Å². The van der Waals surface area contributed by atoms with E-state index < -0.39 is 5.97 Å². The van der Waals surface area contributed by atoms with Gasteiger partial charge in [-0.15, -0.1) is 0 Å². The van der Waals surface area contributed by atoms with Crippen LogP contribution in [0, 0.1) is 6.92 Å². The molecule has 2 aromatic rings. The SMILES string of the molecule is Cc1cc(-c2ccc(C(=O)O)cc2)cnc1N. The number of aromatic nitrogens is 1. The van der Waals surface area contributed by atoms with E-state index in [1.54, 1.807) is 30.5 Å². The Morgan fingerprint density at radius 3 is 2.41 bits per heavy atom. The van der Waals surface area contributed by atoms with Gasteiger partial charge in [0.1, 0.15) is 5.82 Å². The van der Waals surface area contributed by atoms with Gasteiger partial charge in [0.05, 0.1) is 5.56 Å². The topological polar surface area (TPSA) is 76.2 Å². The Morgan fingerprint density at radius 1 is 1.24 bits per heavy atom. The van der Waals surface area contributed by atoms with E-state index in [0.29, 0.717) is 5.82 Å². The first-order valence-electron chi connectivity index (χ1n) is 5.14. The minimum atomic E-state index is -0.928. The number of rotatable bonds is 2. The van der Waals surface area contributed by atoms with E-state index in [1.807, 2.05) is 13.0 Å². The molecule has 0 spiro atoms. The van der Waals surface area contributed by atoms with Gasteiger partial charge in [-0.2, -0.15) is 0 Å². The molecule has 0 aliphatic carbocycles. The molecular formula is C13H12N2O2. The third kappa shape index (κ3) is 2.25. The fourth-order valence-corrected chi connectivity index (χ4v) is 1.55. The Hall–Kier alpha value is -2.36. The molecule has 17 heavy (non-hydrogen) atoms. The van der Waals surface area contributed by atoms with Crippen molar-refractivity contribution in [3.63, 3.8) is 0 Å². The molecule has 1 aromatic heterocycles. The zero-order chi connectivity index (χ0) is 12.4. The number of nitrogens with two attached hydrogens (primary N) is 1. The zero-order valence-corrected chi connectivity index (χ0v) is 9.34. The minimum absolute atomic E-state index is 0.272. The molecule has 1 aromatic carbocycles. The molecule has 0 saturated carbocycles. The number of nitrogen functional groups attached to an aromatic ring is 1. The van der Waals surface area contributed by atoms with Gasteiger partial charge in [-0.05, 0) is 36.2 Å². The lowest BCUT2D eigenvalue weighted by atomic mass is 10.0. The normalized spacial score (nSPS) is 10.2. The second-order valence-corrected chi connectivity index (χ2v) is 3.81. The smallest absolute Gasteiger partial charge is 0.335 e. The molecule has 4 heteroatoms. The number of benzene rings is 1. The fraction of sp³-hybridized carbons (Fsp3) is 0.0769. The summed E-state index contributed by atoms with van der Waals surface area (Å²) in [6.07, 6.45) is 1.68. The summed E-state index contributed by atoms with van der Waals surface area (Å²) in [4.78, 5) is 14.8. The summed E-state index contributed by atoms with van der Waals surface area (Å²) >= 11 is 0. The highest BCUT2D eigenvalue weighted by Crippen LogP contribution is 2.21. The average molecular weight is 228 g/mol. The van der Waals surface area contributed by atoms with Crippen molar-refractivity contribution in [1.82, 2.24) is 4.98 Å². The third-order valence-corrected chi connectivity index (χ3v) is 2.58. The van der Waals surface area contributed by atoms with E-state index in [1.165, 1.54) is 0 Å². The number of nitrogens with zero attached hydrogens (tertiary/aromatic N) is 1. The molecule has 0 bridgehead atoms. The van der Waals surface area contributed by atoms with Gasteiger partial charge in [0, 0.05) is 11.8 Å². The Morgan fingerprint density at radius 2 is 1.88 bits per heavy atom. The Bertz CT molecular complexity index is 562. The molecule has 0 aliphatic heterocycles. The second-order valence-electron chi connectivity index (χ2n) is 3.81. The van der Waals surface area contributed by atoms with Crippen LogP contribution in [0.15, 0.2) is 36.5 Å². The summed E-state index contributed by atoms with van der Waals surface area (Å²) < 4.78 is 0. The number of aryl methyl sites for hydroxylation is 1. The molecule has 0 atom stereocenters. The summed E-state index contributed by atoms with van der Waals surface area (Å²) in [6, 6.07) is 8.59. The van der Waals surface area contributed by atoms with Gasteiger partial charge in [0.25, 0.3) is 0 Å². The molecule has 0 unspecified atom stereocenters. The van der Waals surface area contributed by atoms with Crippen molar-refractivity contribution in [2.75, 3.05) is 5.73 Å². The minimum Gasteiger partial charge on any atom is -0.478 e. The lowest BCUT2D eigenvalue weighted by Gasteiger charge is -2.04. The lowest BCUT2D eigenvalue weighted by Crippen LogP contribution is -1.96. The molecule has 2 rings (SSSR count). The summed E-state index contributed by atoms with van der Waals surface area (Å²) in [5.74, 6) is -0.418. The number of aromatic carboxylic acids is 1. The maximum atomic E-state index is 10.7. The van der Waals surface area contributed by atoms with Crippen LogP contribution in [-0.4, -0.2) is 16.1 Å². The maximum absolute atomic E-state index is 10.7. The molecular weight excluding hydrogens is 216 g/mol. The molecule has 0 aliphatic rings. The molecule has 0 amide bonds. The van der Waals surface area contributed by atoms with Crippen molar-refractivity contribution in [2.45, 2.75) is 6.92 Å². The lowest BCUT2D eigenvalue weighted by molar-refractivity contribution is 0.0697. The van der Waals surface area contributed by atoms with Crippen LogP contribution >= 0.6 is 0 Å². The maximum Gasteiger partial charge on any atom is 0.335 e. The van der Waals surface area contributed by atoms with Gasteiger partial charge in [0.2, 0.25) is 0 Å². The highest BCUT2D eigenvalue weighted by atomic mass is 16.4. The highest BCUT2D eigenvalue weighted by molar-refractivity contribution is 5.88. The number of anilines is 1. The van der Waals surface area contributed by atoms with E-state index in [9.17, 15) is 4.79 Å². The van der Waals surface area contributed by atoms with Crippen molar-refractivity contribution < 1.29 is 9.90 Å². The van der Waals surface area contributed by atoms with Crippen LogP contribution in [0.25, 0.3) is 11.1 Å². The zero-order valence-electron chi connectivity index (χ0n) is 9.34. The summed E-state index contributed by atoms with van der Waals surface area (Å²) in [6.45, 7) is 1.89. The Kier molecular flexibility index (Phi) is 2.78. The molecule has 4 nitrogen and oxygen atoms in total. The number of carboxylic acids is 1. The molecule has 86 valence electrons. The van der Waals surface area contributed by atoms with Crippen LogP contribution in [0.5, 0.6) is 0 Å². The summed E-state index contributed by atoms with van der Waals surface area (Å²) in [5.41, 5.74) is 8.67. The number of carboxylic acid groups (broad SMARTS) is 1. The summed E-state index contributed by atoms with van der Waals surface area (Å²) in [5, 5.41) is 8.80. The van der Waals surface area contributed by atoms with Gasteiger partial charge in [-0.3, -0.25) is 0 Å². The van der Waals surface area contributed by atoms with E-state index in [-0.39, 0.29) is 5.56 Å². The van der Waals surface area contributed by atoms with Crippen molar-refractivity contribution in [2.24, 2.45) is 0 Å². The largest absolute Gasteiger partial charge is 0.478 e. The molecule has 0 saturated heterocycles. The number of carbonyl (C=O) groups is 1.